The first-order chi connectivity index (χ1) is 14.4. The Bertz CT molecular complexity index is 1290. The zero-order chi connectivity index (χ0) is 21.3. The van der Waals surface area contributed by atoms with E-state index in [1.807, 2.05) is 26.0 Å². The highest BCUT2D eigenvalue weighted by molar-refractivity contribution is 7.16. The van der Waals surface area contributed by atoms with Gasteiger partial charge in [0.1, 0.15) is 11.3 Å². The zero-order valence-electron chi connectivity index (χ0n) is 16.2. The second kappa shape index (κ2) is 8.30. The number of hydrogen-bond donors (Lipinski definition) is 1. The maximum Gasteiger partial charge on any atom is 0.336 e. The molecular weight excluding hydrogens is 424 g/mol. The van der Waals surface area contributed by atoms with Crippen LogP contribution >= 0.6 is 22.9 Å². The lowest BCUT2D eigenvalue weighted by Crippen LogP contribution is -2.20. The quantitative estimate of drug-likeness (QED) is 0.431. The van der Waals surface area contributed by atoms with Crippen LogP contribution in [0, 0.1) is 13.8 Å². The van der Waals surface area contributed by atoms with E-state index in [0.717, 1.165) is 27.1 Å². The number of hydrogen-bond acceptors (Lipinski definition) is 6. The standard InChI is InChI=1S/C22H17ClN2O4S/c1-12-9-20(27)29-18-10-16(7-8-17(12)18)28-11-19(26)24-22-25-21(13(2)30-22)14-3-5-15(23)6-4-14/h3-10H,11H2,1-2H3,(H,24,25,26). The molecule has 1 N–H and O–H groups in total. The van der Waals surface area contributed by atoms with Crippen molar-refractivity contribution in [2.75, 3.05) is 11.9 Å². The van der Waals surface area contributed by atoms with Crippen LogP contribution in [0.2, 0.25) is 5.02 Å². The number of fused-ring (bicyclic) bond motifs is 1. The van der Waals surface area contributed by atoms with Crippen LogP contribution in [0.4, 0.5) is 5.13 Å². The maximum atomic E-state index is 12.3. The number of carbonyl (C=O) groups excluding carboxylic acids is 1. The number of aryl methyl sites for hydroxylation is 2. The summed E-state index contributed by atoms with van der Waals surface area (Å²) < 4.78 is 10.7. The highest BCUT2D eigenvalue weighted by Gasteiger charge is 2.13. The summed E-state index contributed by atoms with van der Waals surface area (Å²) in [5.41, 5.74) is 2.54. The Balaban J connectivity index is 1.43. The molecule has 0 aliphatic heterocycles. The summed E-state index contributed by atoms with van der Waals surface area (Å²) >= 11 is 7.32. The predicted molar refractivity (Wildman–Crippen MR) is 119 cm³/mol. The van der Waals surface area contributed by atoms with E-state index in [4.69, 9.17) is 20.8 Å². The first-order valence-electron chi connectivity index (χ1n) is 9.09. The number of nitrogens with one attached hydrogen (secondary N) is 1. The second-order valence-electron chi connectivity index (χ2n) is 6.67. The van der Waals surface area contributed by atoms with E-state index in [2.05, 4.69) is 10.3 Å². The summed E-state index contributed by atoms with van der Waals surface area (Å²) in [5, 5.41) is 4.72. The Morgan fingerprint density at radius 1 is 1.17 bits per heavy atom. The predicted octanol–water partition coefficient (Wildman–Crippen LogP) is 5.20. The van der Waals surface area contributed by atoms with Crippen LogP contribution in [0.5, 0.6) is 5.75 Å². The fourth-order valence-electron chi connectivity index (χ4n) is 3.02. The van der Waals surface area contributed by atoms with Crippen molar-refractivity contribution >= 4 is 44.9 Å². The Morgan fingerprint density at radius 3 is 2.70 bits per heavy atom. The lowest BCUT2D eigenvalue weighted by molar-refractivity contribution is -0.118. The second-order valence-corrected chi connectivity index (χ2v) is 8.31. The normalized spacial score (nSPS) is 10.9. The van der Waals surface area contributed by atoms with E-state index in [1.165, 1.54) is 17.4 Å². The van der Waals surface area contributed by atoms with Crippen LogP contribution in [-0.4, -0.2) is 17.5 Å². The molecule has 8 heteroatoms. The van der Waals surface area contributed by atoms with Crippen molar-refractivity contribution in [2.24, 2.45) is 0 Å². The molecule has 30 heavy (non-hydrogen) atoms. The van der Waals surface area contributed by atoms with Crippen LogP contribution in [0.3, 0.4) is 0 Å². The van der Waals surface area contributed by atoms with Gasteiger partial charge in [0, 0.05) is 33.0 Å². The first-order valence-corrected chi connectivity index (χ1v) is 10.3. The number of anilines is 1. The summed E-state index contributed by atoms with van der Waals surface area (Å²) in [5.74, 6) is 0.0979. The summed E-state index contributed by atoms with van der Waals surface area (Å²) in [7, 11) is 0. The summed E-state index contributed by atoms with van der Waals surface area (Å²) in [6.07, 6.45) is 0. The first kappa shape index (κ1) is 20.1. The number of aromatic nitrogens is 1. The van der Waals surface area contributed by atoms with Gasteiger partial charge in [0.05, 0.1) is 5.69 Å². The molecule has 0 aliphatic rings. The van der Waals surface area contributed by atoms with Crippen LogP contribution in [0.1, 0.15) is 10.4 Å². The molecule has 0 atom stereocenters. The number of rotatable bonds is 5. The van der Waals surface area contributed by atoms with Crippen LogP contribution in [-0.2, 0) is 4.79 Å². The van der Waals surface area contributed by atoms with E-state index < -0.39 is 5.63 Å². The van der Waals surface area contributed by atoms with Gasteiger partial charge in [-0.3, -0.25) is 10.1 Å². The number of nitrogens with zero attached hydrogens (tertiary/aromatic N) is 1. The third-order valence-electron chi connectivity index (χ3n) is 4.45. The monoisotopic (exact) mass is 440 g/mol. The number of amides is 1. The molecule has 0 spiro atoms. The Labute approximate surface area is 181 Å². The molecule has 0 radical (unpaired) electrons. The van der Waals surface area contributed by atoms with Crippen LogP contribution < -0.4 is 15.7 Å². The van der Waals surface area contributed by atoms with Crippen molar-refractivity contribution in [1.29, 1.82) is 0 Å². The fourth-order valence-corrected chi connectivity index (χ4v) is 4.00. The van der Waals surface area contributed by atoms with Crippen molar-refractivity contribution in [1.82, 2.24) is 4.98 Å². The third-order valence-corrected chi connectivity index (χ3v) is 5.59. The molecule has 4 aromatic rings. The molecule has 0 saturated carbocycles. The molecule has 2 aromatic heterocycles. The SMILES string of the molecule is Cc1sc(NC(=O)COc2ccc3c(C)cc(=O)oc3c2)nc1-c1ccc(Cl)cc1. The van der Waals surface area contributed by atoms with Gasteiger partial charge >= 0.3 is 5.63 Å². The maximum absolute atomic E-state index is 12.3. The molecule has 2 aromatic carbocycles. The van der Waals surface area contributed by atoms with Gasteiger partial charge in [-0.2, -0.15) is 0 Å². The number of carbonyl (C=O) groups is 1. The summed E-state index contributed by atoms with van der Waals surface area (Å²) in [6.45, 7) is 3.58. The minimum atomic E-state index is -0.425. The van der Waals surface area contributed by atoms with Crippen molar-refractivity contribution in [3.05, 3.63) is 74.4 Å². The minimum absolute atomic E-state index is 0.198. The topological polar surface area (TPSA) is 81.4 Å². The lowest BCUT2D eigenvalue weighted by Gasteiger charge is -2.07. The fraction of sp³-hybridized carbons (Fsp3) is 0.136. The molecule has 0 aliphatic carbocycles. The van der Waals surface area contributed by atoms with E-state index in [9.17, 15) is 9.59 Å². The van der Waals surface area contributed by atoms with Gasteiger partial charge in [-0.25, -0.2) is 9.78 Å². The van der Waals surface area contributed by atoms with E-state index in [-0.39, 0.29) is 12.5 Å². The lowest BCUT2D eigenvalue weighted by atomic mass is 10.1. The van der Waals surface area contributed by atoms with E-state index in [0.29, 0.717) is 21.5 Å². The van der Waals surface area contributed by atoms with Gasteiger partial charge in [-0.05, 0) is 43.7 Å². The van der Waals surface area contributed by atoms with Crippen LogP contribution in [0.15, 0.2) is 57.7 Å². The molecule has 0 bridgehead atoms. The average molecular weight is 441 g/mol. The van der Waals surface area contributed by atoms with Gasteiger partial charge in [-0.1, -0.05) is 23.7 Å². The molecule has 152 valence electrons. The number of ether oxygens (including phenoxy) is 1. The highest BCUT2D eigenvalue weighted by Crippen LogP contribution is 2.31. The molecule has 0 fully saturated rings. The van der Waals surface area contributed by atoms with E-state index >= 15 is 0 Å². The summed E-state index contributed by atoms with van der Waals surface area (Å²) in [4.78, 5) is 29.3. The van der Waals surface area contributed by atoms with Crippen molar-refractivity contribution in [3.8, 4) is 17.0 Å². The molecule has 1 amide bonds. The third kappa shape index (κ3) is 4.37. The highest BCUT2D eigenvalue weighted by atomic mass is 35.5. The molecule has 2 heterocycles. The van der Waals surface area contributed by atoms with Gasteiger partial charge < -0.3 is 9.15 Å². The summed E-state index contributed by atoms with van der Waals surface area (Å²) in [6, 6.07) is 13.9. The van der Waals surface area contributed by atoms with Gasteiger partial charge in [0.2, 0.25) is 0 Å². The smallest absolute Gasteiger partial charge is 0.336 e. The molecule has 0 saturated heterocycles. The molecule has 4 rings (SSSR count). The van der Waals surface area contributed by atoms with E-state index in [1.54, 1.807) is 30.3 Å². The Hall–Kier alpha value is -3.16. The number of benzene rings is 2. The van der Waals surface area contributed by atoms with Crippen molar-refractivity contribution in [2.45, 2.75) is 13.8 Å². The molecular formula is C22H17ClN2O4S. The average Bonchev–Trinajstić information content (AvgIpc) is 3.06. The van der Waals surface area contributed by atoms with Crippen molar-refractivity contribution < 1.29 is 13.9 Å². The Kier molecular flexibility index (Phi) is 5.57. The largest absolute Gasteiger partial charge is 0.484 e. The minimum Gasteiger partial charge on any atom is -0.484 e. The van der Waals surface area contributed by atoms with Crippen molar-refractivity contribution in [3.63, 3.8) is 0 Å². The number of thiazole rings is 1. The van der Waals surface area contributed by atoms with Gasteiger partial charge in [0.15, 0.2) is 11.7 Å². The van der Waals surface area contributed by atoms with Crippen LogP contribution in [0.25, 0.3) is 22.2 Å². The molecule has 0 unspecified atom stereocenters. The van der Waals surface area contributed by atoms with Gasteiger partial charge in [-0.15, -0.1) is 11.3 Å². The molecule has 6 nitrogen and oxygen atoms in total. The number of halogens is 1. The zero-order valence-corrected chi connectivity index (χ0v) is 17.8. The Morgan fingerprint density at radius 2 is 1.93 bits per heavy atom. The van der Waals surface area contributed by atoms with Gasteiger partial charge in [0.25, 0.3) is 5.91 Å².